The lowest BCUT2D eigenvalue weighted by atomic mass is 10.0. The van der Waals surface area contributed by atoms with Crippen molar-refractivity contribution in [3.8, 4) is 0 Å². The Hall–Kier alpha value is -2.18. The van der Waals surface area contributed by atoms with Crippen molar-refractivity contribution >= 4 is 21.6 Å². The lowest BCUT2D eigenvalue weighted by Crippen LogP contribution is -2.30. The molecule has 0 spiro atoms. The Morgan fingerprint density at radius 3 is 2.61 bits per heavy atom. The van der Waals surface area contributed by atoms with E-state index in [0.717, 1.165) is 40.8 Å². The first kappa shape index (κ1) is 19.2. The minimum Gasteiger partial charge on any atom is -0.312 e. The van der Waals surface area contributed by atoms with Gasteiger partial charge in [-0.15, -0.1) is 0 Å². The number of carbonyl (C=O) groups excluding carboxylic acids is 1. The average molecular weight is 399 g/mol. The normalized spacial score (nSPS) is 17.5. The highest BCUT2D eigenvalue weighted by Crippen LogP contribution is 2.37. The van der Waals surface area contributed by atoms with Crippen LogP contribution in [0.5, 0.6) is 0 Å². The maximum absolute atomic E-state index is 13.0. The predicted molar refractivity (Wildman–Crippen MR) is 110 cm³/mol. The maximum Gasteiger partial charge on any atom is 0.241 e. The Balaban J connectivity index is 1.56. The van der Waals surface area contributed by atoms with E-state index in [1.54, 1.807) is 18.2 Å². The smallest absolute Gasteiger partial charge is 0.241 e. The van der Waals surface area contributed by atoms with Crippen LogP contribution in [0.15, 0.2) is 41.3 Å². The molecule has 0 aromatic heterocycles. The summed E-state index contributed by atoms with van der Waals surface area (Å²) in [6, 6.07) is 10.8. The highest BCUT2D eigenvalue weighted by atomic mass is 32.2. The Bertz CT molecular complexity index is 1040. The molecule has 1 saturated carbocycles. The quantitative estimate of drug-likeness (QED) is 0.836. The average Bonchev–Trinajstić information content (AvgIpc) is 3.41. The molecule has 0 unspecified atom stereocenters. The number of hydrogen-bond acceptors (Lipinski definition) is 3. The summed E-state index contributed by atoms with van der Waals surface area (Å²) in [6.07, 6.45) is 2.64. The number of carbonyl (C=O) groups is 1. The molecular formula is C22H26N2O3S. The summed E-state index contributed by atoms with van der Waals surface area (Å²) >= 11 is 0. The summed E-state index contributed by atoms with van der Waals surface area (Å²) in [6.45, 7) is 6.49. The van der Waals surface area contributed by atoms with Crippen LogP contribution in [0.1, 0.15) is 48.1 Å². The Morgan fingerprint density at radius 2 is 1.89 bits per heavy atom. The van der Waals surface area contributed by atoms with E-state index in [1.165, 1.54) is 0 Å². The van der Waals surface area contributed by atoms with Gasteiger partial charge < -0.3 is 4.90 Å². The number of anilines is 1. The molecule has 1 amide bonds. The molecule has 1 fully saturated rings. The van der Waals surface area contributed by atoms with E-state index in [2.05, 4.69) is 4.72 Å². The molecule has 5 nitrogen and oxygen atoms in total. The summed E-state index contributed by atoms with van der Waals surface area (Å²) in [5, 5.41) is 0. The van der Waals surface area contributed by atoms with Gasteiger partial charge in [-0.2, -0.15) is 0 Å². The molecule has 0 bridgehead atoms. The van der Waals surface area contributed by atoms with Gasteiger partial charge in [0.15, 0.2) is 0 Å². The number of rotatable bonds is 5. The maximum atomic E-state index is 13.0. The number of hydrogen-bond donors (Lipinski definition) is 1. The van der Waals surface area contributed by atoms with Gasteiger partial charge in [0.2, 0.25) is 15.9 Å². The third kappa shape index (κ3) is 3.59. The first-order valence-corrected chi connectivity index (χ1v) is 11.3. The van der Waals surface area contributed by atoms with Gasteiger partial charge in [-0.25, -0.2) is 13.1 Å². The highest BCUT2D eigenvalue weighted by molar-refractivity contribution is 7.89. The molecule has 2 aliphatic rings. The molecule has 2 aromatic rings. The van der Waals surface area contributed by atoms with E-state index in [9.17, 15) is 13.2 Å². The van der Waals surface area contributed by atoms with Crippen molar-refractivity contribution in [3.63, 3.8) is 0 Å². The van der Waals surface area contributed by atoms with E-state index >= 15 is 0 Å². The first-order valence-electron chi connectivity index (χ1n) is 9.80. The number of amides is 1. The second-order valence-electron chi connectivity index (χ2n) is 8.01. The number of aryl methyl sites for hydroxylation is 2. The van der Waals surface area contributed by atoms with Crippen molar-refractivity contribution in [2.75, 3.05) is 11.4 Å². The van der Waals surface area contributed by atoms with Crippen LogP contribution in [-0.2, 0) is 21.2 Å². The minimum absolute atomic E-state index is 0.162. The third-order valence-corrected chi connectivity index (χ3v) is 7.22. The van der Waals surface area contributed by atoms with Crippen molar-refractivity contribution in [2.24, 2.45) is 5.92 Å². The number of benzene rings is 2. The zero-order valence-electron chi connectivity index (χ0n) is 16.5. The van der Waals surface area contributed by atoms with Gasteiger partial charge in [0.05, 0.1) is 4.90 Å². The van der Waals surface area contributed by atoms with Crippen LogP contribution in [0, 0.1) is 19.8 Å². The van der Waals surface area contributed by atoms with E-state index in [0.29, 0.717) is 13.0 Å². The lowest BCUT2D eigenvalue weighted by Gasteiger charge is -2.19. The van der Waals surface area contributed by atoms with E-state index < -0.39 is 10.0 Å². The zero-order chi connectivity index (χ0) is 20.1. The monoisotopic (exact) mass is 398 g/mol. The second kappa shape index (κ2) is 7.01. The lowest BCUT2D eigenvalue weighted by molar-refractivity contribution is -0.119. The third-order valence-electron chi connectivity index (χ3n) is 5.68. The molecule has 1 aliphatic carbocycles. The molecule has 2 aromatic carbocycles. The van der Waals surface area contributed by atoms with Crippen molar-refractivity contribution < 1.29 is 13.2 Å². The van der Waals surface area contributed by atoms with Crippen molar-refractivity contribution in [2.45, 2.75) is 51.0 Å². The molecule has 4 rings (SSSR count). The summed E-state index contributed by atoms with van der Waals surface area (Å²) < 4.78 is 28.7. The first-order chi connectivity index (χ1) is 13.3. The second-order valence-corrected chi connectivity index (χ2v) is 9.72. The SMILES string of the molecule is Cc1ccc(C)c([C@@H](C)NS(=O)(=O)c2ccc3c(c2)CCN3C(=O)C2CC2)c1. The fraction of sp³-hybridized carbons (Fsp3) is 0.409. The Labute approximate surface area is 166 Å². The Morgan fingerprint density at radius 1 is 1.14 bits per heavy atom. The van der Waals surface area contributed by atoms with Crippen molar-refractivity contribution in [1.82, 2.24) is 4.72 Å². The molecule has 0 saturated heterocycles. The van der Waals surface area contributed by atoms with Gasteiger partial charge >= 0.3 is 0 Å². The summed E-state index contributed by atoms with van der Waals surface area (Å²) in [5.74, 6) is 0.338. The molecule has 6 heteroatoms. The fourth-order valence-electron chi connectivity index (χ4n) is 3.92. The van der Waals surface area contributed by atoms with Crippen molar-refractivity contribution in [1.29, 1.82) is 0 Å². The molecule has 0 radical (unpaired) electrons. The largest absolute Gasteiger partial charge is 0.312 e. The standard InChI is InChI=1S/C22H26N2O3S/c1-14-4-5-15(2)20(12-14)16(3)23-28(26,27)19-8-9-21-18(13-19)10-11-24(21)22(25)17-6-7-17/h4-5,8-9,12-13,16-17,23H,6-7,10-11H2,1-3H3/t16-/m1/s1. The van der Waals surface area contributed by atoms with Gasteiger partial charge in [-0.1, -0.05) is 23.8 Å². The topological polar surface area (TPSA) is 66.5 Å². The Kier molecular flexibility index (Phi) is 4.79. The van der Waals surface area contributed by atoms with E-state index in [4.69, 9.17) is 0 Å². The molecule has 148 valence electrons. The summed E-state index contributed by atoms with van der Waals surface area (Å²) in [7, 11) is -3.65. The minimum atomic E-state index is -3.65. The van der Waals surface area contributed by atoms with Crippen LogP contribution in [0.2, 0.25) is 0 Å². The van der Waals surface area contributed by atoms with Gasteiger partial charge in [-0.3, -0.25) is 4.79 Å². The van der Waals surface area contributed by atoms with Gasteiger partial charge in [0.25, 0.3) is 0 Å². The summed E-state index contributed by atoms with van der Waals surface area (Å²) in [5.41, 5.74) is 4.93. The predicted octanol–water partition coefficient (Wildman–Crippen LogP) is 3.64. The van der Waals surface area contributed by atoms with Crippen LogP contribution in [0.3, 0.4) is 0 Å². The van der Waals surface area contributed by atoms with Crippen molar-refractivity contribution in [3.05, 3.63) is 58.7 Å². The van der Waals surface area contributed by atoms with Crippen LogP contribution >= 0.6 is 0 Å². The molecular weight excluding hydrogens is 372 g/mol. The van der Waals surface area contributed by atoms with Gasteiger partial charge in [0, 0.05) is 24.2 Å². The number of fused-ring (bicyclic) bond motifs is 1. The highest BCUT2D eigenvalue weighted by Gasteiger charge is 2.36. The molecule has 1 atom stereocenters. The van der Waals surface area contributed by atoms with E-state index in [-0.39, 0.29) is 22.8 Å². The number of nitrogens with one attached hydrogen (secondary N) is 1. The van der Waals surface area contributed by atoms with E-state index in [1.807, 2.05) is 43.9 Å². The molecule has 1 N–H and O–H groups in total. The molecule has 28 heavy (non-hydrogen) atoms. The number of nitrogens with zero attached hydrogens (tertiary/aromatic N) is 1. The number of sulfonamides is 1. The van der Waals surface area contributed by atoms with Crippen LogP contribution in [-0.4, -0.2) is 20.9 Å². The molecule has 1 heterocycles. The van der Waals surface area contributed by atoms with Crippen LogP contribution in [0.25, 0.3) is 0 Å². The van der Waals surface area contributed by atoms with Crippen LogP contribution in [0.4, 0.5) is 5.69 Å². The molecule has 1 aliphatic heterocycles. The zero-order valence-corrected chi connectivity index (χ0v) is 17.3. The van der Waals surface area contributed by atoms with Gasteiger partial charge in [-0.05, 0) is 74.9 Å². The van der Waals surface area contributed by atoms with Crippen LogP contribution < -0.4 is 9.62 Å². The fourth-order valence-corrected chi connectivity index (χ4v) is 5.19. The summed E-state index contributed by atoms with van der Waals surface area (Å²) in [4.78, 5) is 14.5. The van der Waals surface area contributed by atoms with Gasteiger partial charge in [0.1, 0.15) is 0 Å².